The van der Waals surface area contributed by atoms with E-state index in [1.54, 1.807) is 0 Å². The minimum absolute atomic E-state index is 0.0401. The molecule has 0 aliphatic heterocycles. The predicted octanol–water partition coefficient (Wildman–Crippen LogP) is 5.24. The van der Waals surface area contributed by atoms with Crippen LogP contribution in [-0.4, -0.2) is 9.97 Å². The maximum Gasteiger partial charge on any atom is 0.102 e. The lowest BCUT2D eigenvalue weighted by Crippen LogP contribution is -2.29. The van der Waals surface area contributed by atoms with Crippen molar-refractivity contribution >= 4 is 0 Å². The molecule has 3 heteroatoms. The Morgan fingerprint density at radius 1 is 1.24 bits per heavy atom. The molecule has 3 rings (SSSR count). The van der Waals surface area contributed by atoms with Crippen LogP contribution in [0.4, 0.5) is 0 Å². The van der Waals surface area contributed by atoms with E-state index in [0.717, 1.165) is 47.3 Å². The fourth-order valence-corrected chi connectivity index (χ4v) is 3.92. The van der Waals surface area contributed by atoms with Crippen molar-refractivity contribution in [3.63, 3.8) is 0 Å². The van der Waals surface area contributed by atoms with Crippen molar-refractivity contribution in [1.82, 2.24) is 9.97 Å². The number of nitrogens with zero attached hydrogens (tertiary/aromatic N) is 3. The first kappa shape index (κ1) is 17.6. The van der Waals surface area contributed by atoms with E-state index in [1.165, 1.54) is 11.3 Å². The van der Waals surface area contributed by atoms with Gasteiger partial charge in [0.25, 0.3) is 0 Å². The molecule has 0 spiro atoms. The molecular weight excluding hydrogens is 306 g/mol. The summed E-state index contributed by atoms with van der Waals surface area (Å²) in [6, 6.07) is 6.60. The molecule has 130 valence electrons. The van der Waals surface area contributed by atoms with Gasteiger partial charge in [-0.3, -0.25) is 9.97 Å². The maximum absolute atomic E-state index is 10.0. The van der Waals surface area contributed by atoms with Crippen molar-refractivity contribution in [3.8, 4) is 17.2 Å². The number of pyridine rings is 2. The van der Waals surface area contributed by atoms with E-state index in [-0.39, 0.29) is 10.8 Å². The average molecular weight is 333 g/mol. The zero-order valence-electron chi connectivity index (χ0n) is 16.2. The summed E-state index contributed by atoms with van der Waals surface area (Å²) in [4.78, 5) is 9.41. The number of nitriles is 1. The van der Waals surface area contributed by atoms with Crippen LogP contribution in [0.3, 0.4) is 0 Å². The third kappa shape index (κ3) is 3.06. The molecule has 1 aliphatic carbocycles. The lowest BCUT2D eigenvalue weighted by molar-refractivity contribution is 0.412. The molecule has 0 bridgehead atoms. The number of aryl methyl sites for hydroxylation is 1. The fourth-order valence-electron chi connectivity index (χ4n) is 3.92. The molecule has 2 aromatic rings. The van der Waals surface area contributed by atoms with E-state index in [2.05, 4.69) is 51.7 Å². The third-order valence-corrected chi connectivity index (χ3v) is 5.18. The number of rotatable bonds is 1. The second-order valence-electron chi connectivity index (χ2n) is 8.82. The highest BCUT2D eigenvalue weighted by molar-refractivity contribution is 5.77. The molecule has 25 heavy (non-hydrogen) atoms. The maximum atomic E-state index is 10.0. The van der Waals surface area contributed by atoms with E-state index in [4.69, 9.17) is 4.98 Å². The van der Waals surface area contributed by atoms with Gasteiger partial charge in [-0.2, -0.15) is 5.26 Å². The second kappa shape index (κ2) is 5.95. The highest BCUT2D eigenvalue weighted by Gasteiger charge is 2.35. The summed E-state index contributed by atoms with van der Waals surface area (Å²) in [6.07, 6.45) is 5.10. The van der Waals surface area contributed by atoms with Gasteiger partial charge in [0.05, 0.1) is 17.0 Å². The van der Waals surface area contributed by atoms with Crippen LogP contribution >= 0.6 is 0 Å². The number of hydrogen-bond acceptors (Lipinski definition) is 3. The van der Waals surface area contributed by atoms with Crippen LogP contribution in [0.25, 0.3) is 11.1 Å². The van der Waals surface area contributed by atoms with Crippen molar-refractivity contribution in [3.05, 3.63) is 46.5 Å². The van der Waals surface area contributed by atoms with Crippen LogP contribution in [0, 0.1) is 18.3 Å². The SMILES string of the molecule is Cc1cc(-c2c(C#N)c(C(C)(C)C)nc3c2CCCC3(C)C)ccn1. The van der Waals surface area contributed by atoms with Crippen molar-refractivity contribution in [2.75, 3.05) is 0 Å². The van der Waals surface area contributed by atoms with Gasteiger partial charge in [-0.05, 0) is 49.4 Å². The Hall–Kier alpha value is -2.21. The Balaban J connectivity index is 2.45. The molecule has 0 N–H and O–H groups in total. The van der Waals surface area contributed by atoms with Gasteiger partial charge in [-0.1, -0.05) is 34.6 Å². The molecular formula is C22H27N3. The highest BCUT2D eigenvalue weighted by Crippen LogP contribution is 2.43. The summed E-state index contributed by atoms with van der Waals surface area (Å²) < 4.78 is 0. The lowest BCUT2D eigenvalue weighted by atomic mass is 9.72. The molecule has 0 saturated heterocycles. The topological polar surface area (TPSA) is 49.6 Å². The third-order valence-electron chi connectivity index (χ3n) is 5.18. The van der Waals surface area contributed by atoms with E-state index in [0.29, 0.717) is 0 Å². The molecule has 0 amide bonds. The van der Waals surface area contributed by atoms with Gasteiger partial charge in [0, 0.05) is 28.3 Å². The van der Waals surface area contributed by atoms with E-state index >= 15 is 0 Å². The van der Waals surface area contributed by atoms with E-state index in [1.807, 2.05) is 19.2 Å². The Kier molecular flexibility index (Phi) is 4.19. The molecule has 2 aromatic heterocycles. The van der Waals surface area contributed by atoms with Crippen LogP contribution in [0.15, 0.2) is 18.3 Å². The minimum Gasteiger partial charge on any atom is -0.262 e. The Morgan fingerprint density at radius 2 is 1.96 bits per heavy atom. The first-order valence-corrected chi connectivity index (χ1v) is 9.06. The van der Waals surface area contributed by atoms with Crippen LogP contribution in [0.1, 0.15) is 75.7 Å². The van der Waals surface area contributed by atoms with E-state index in [9.17, 15) is 5.26 Å². The number of hydrogen-bond donors (Lipinski definition) is 0. The first-order chi connectivity index (χ1) is 11.6. The quantitative estimate of drug-likeness (QED) is 0.717. The minimum atomic E-state index is -0.176. The molecule has 2 heterocycles. The summed E-state index contributed by atoms with van der Waals surface area (Å²) in [5, 5.41) is 10.0. The number of aromatic nitrogens is 2. The summed E-state index contributed by atoms with van der Waals surface area (Å²) >= 11 is 0. The largest absolute Gasteiger partial charge is 0.262 e. The molecule has 3 nitrogen and oxygen atoms in total. The zero-order chi connectivity index (χ0) is 18.4. The van der Waals surface area contributed by atoms with Crippen LogP contribution < -0.4 is 0 Å². The van der Waals surface area contributed by atoms with Gasteiger partial charge < -0.3 is 0 Å². The Bertz CT molecular complexity index is 864. The molecule has 0 fully saturated rings. The average Bonchev–Trinajstić information content (AvgIpc) is 2.52. The van der Waals surface area contributed by atoms with Gasteiger partial charge >= 0.3 is 0 Å². The fraction of sp³-hybridized carbons (Fsp3) is 0.500. The van der Waals surface area contributed by atoms with Crippen molar-refractivity contribution < 1.29 is 0 Å². The summed E-state index contributed by atoms with van der Waals surface area (Å²) in [5.74, 6) is 0. The molecule has 0 unspecified atom stereocenters. The Labute approximate surface area is 151 Å². The smallest absolute Gasteiger partial charge is 0.102 e. The summed E-state index contributed by atoms with van der Waals surface area (Å²) in [7, 11) is 0. The molecule has 1 aliphatic rings. The normalized spacial score (nSPS) is 16.2. The molecule has 0 atom stereocenters. The van der Waals surface area contributed by atoms with Gasteiger partial charge in [-0.25, -0.2) is 0 Å². The molecule has 0 radical (unpaired) electrons. The van der Waals surface area contributed by atoms with E-state index < -0.39 is 0 Å². The molecule has 0 aromatic carbocycles. The predicted molar refractivity (Wildman–Crippen MR) is 102 cm³/mol. The van der Waals surface area contributed by atoms with Crippen molar-refractivity contribution in [2.24, 2.45) is 0 Å². The Morgan fingerprint density at radius 3 is 2.56 bits per heavy atom. The zero-order valence-corrected chi connectivity index (χ0v) is 16.2. The first-order valence-electron chi connectivity index (χ1n) is 9.06. The van der Waals surface area contributed by atoms with Gasteiger partial charge in [0.2, 0.25) is 0 Å². The summed E-state index contributed by atoms with van der Waals surface area (Å²) in [5.41, 5.74) is 7.07. The summed E-state index contributed by atoms with van der Waals surface area (Å²) in [6.45, 7) is 13.0. The van der Waals surface area contributed by atoms with Crippen LogP contribution in [0.2, 0.25) is 0 Å². The second-order valence-corrected chi connectivity index (χ2v) is 8.82. The van der Waals surface area contributed by atoms with Gasteiger partial charge in [0.1, 0.15) is 6.07 Å². The van der Waals surface area contributed by atoms with Crippen LogP contribution in [-0.2, 0) is 17.3 Å². The van der Waals surface area contributed by atoms with Crippen LogP contribution in [0.5, 0.6) is 0 Å². The van der Waals surface area contributed by atoms with Crippen molar-refractivity contribution in [2.45, 2.75) is 71.6 Å². The number of fused-ring (bicyclic) bond motifs is 1. The lowest BCUT2D eigenvalue weighted by Gasteiger charge is -2.35. The highest BCUT2D eigenvalue weighted by atomic mass is 14.8. The monoisotopic (exact) mass is 333 g/mol. The standard InChI is InChI=1S/C22H27N3/c1-14-12-15(9-11-24-14)18-16-8-7-10-22(5,6)20(16)25-19(17(18)13-23)21(2,3)4/h9,11-12H,7-8,10H2,1-6H3. The molecule has 0 saturated carbocycles. The van der Waals surface area contributed by atoms with Gasteiger partial charge in [0.15, 0.2) is 0 Å². The van der Waals surface area contributed by atoms with Crippen molar-refractivity contribution in [1.29, 1.82) is 5.26 Å². The van der Waals surface area contributed by atoms with Gasteiger partial charge in [-0.15, -0.1) is 0 Å².